The molecule has 3 aromatic rings. The van der Waals surface area contributed by atoms with Crippen LogP contribution in [0.5, 0.6) is 0 Å². The molecule has 2 N–H and O–H groups in total. The van der Waals surface area contributed by atoms with E-state index in [1.807, 2.05) is 31.4 Å². The van der Waals surface area contributed by atoms with Gasteiger partial charge in [0.15, 0.2) is 5.58 Å². The number of aromatic amines is 1. The molecule has 5 heteroatoms. The molecule has 0 radical (unpaired) electrons. The van der Waals surface area contributed by atoms with Crippen LogP contribution in [0.25, 0.3) is 11.1 Å². The molecule has 0 saturated heterocycles. The van der Waals surface area contributed by atoms with Crippen LogP contribution in [0.3, 0.4) is 0 Å². The molecule has 0 amide bonds. The molecule has 18 heavy (non-hydrogen) atoms. The average Bonchev–Trinajstić information content (AvgIpc) is 2.90. The molecule has 92 valence electrons. The number of fused-ring (bicyclic) bond motifs is 1. The van der Waals surface area contributed by atoms with Gasteiger partial charge in [-0.3, -0.25) is 4.98 Å². The fraction of sp³-hybridized carbons (Fsp3) is 0.154. The lowest BCUT2D eigenvalue weighted by Crippen LogP contribution is -2.03. The number of hydrogen-bond donors (Lipinski definition) is 2. The minimum Gasteiger partial charge on any atom is -0.408 e. The second-order valence-corrected chi connectivity index (χ2v) is 4.19. The zero-order valence-electron chi connectivity index (χ0n) is 9.93. The Kier molecular flexibility index (Phi) is 2.44. The molecule has 0 aliphatic rings. The fourth-order valence-corrected chi connectivity index (χ4v) is 1.93. The van der Waals surface area contributed by atoms with Gasteiger partial charge in [0.2, 0.25) is 0 Å². The summed E-state index contributed by atoms with van der Waals surface area (Å²) in [5, 5.41) is 3.30. The number of oxazole rings is 1. The summed E-state index contributed by atoms with van der Waals surface area (Å²) in [6.07, 6.45) is 2.01. The van der Waals surface area contributed by atoms with Crippen molar-refractivity contribution in [2.24, 2.45) is 7.05 Å². The number of rotatable bonds is 3. The maximum absolute atomic E-state index is 11.0. The molecule has 0 fully saturated rings. The summed E-state index contributed by atoms with van der Waals surface area (Å²) < 4.78 is 7.01. The predicted molar refractivity (Wildman–Crippen MR) is 69.6 cm³/mol. The van der Waals surface area contributed by atoms with Crippen molar-refractivity contribution in [2.45, 2.75) is 6.54 Å². The van der Waals surface area contributed by atoms with E-state index in [4.69, 9.17) is 4.42 Å². The van der Waals surface area contributed by atoms with Crippen molar-refractivity contribution in [2.75, 3.05) is 5.32 Å². The maximum atomic E-state index is 11.0. The number of aromatic nitrogens is 2. The molecule has 5 nitrogen and oxygen atoms in total. The highest BCUT2D eigenvalue weighted by Crippen LogP contribution is 2.16. The molecule has 0 unspecified atom stereocenters. The van der Waals surface area contributed by atoms with Gasteiger partial charge < -0.3 is 14.3 Å². The molecule has 0 aliphatic carbocycles. The monoisotopic (exact) mass is 243 g/mol. The topological polar surface area (TPSA) is 63.0 Å². The van der Waals surface area contributed by atoms with Gasteiger partial charge in [0, 0.05) is 24.6 Å². The molecular formula is C13H13N3O2. The van der Waals surface area contributed by atoms with E-state index < -0.39 is 5.76 Å². The zero-order chi connectivity index (χ0) is 12.5. The molecule has 0 spiro atoms. The van der Waals surface area contributed by atoms with Gasteiger partial charge >= 0.3 is 5.76 Å². The Bertz CT molecular complexity index is 736. The van der Waals surface area contributed by atoms with Crippen LogP contribution in [-0.4, -0.2) is 9.55 Å². The largest absolute Gasteiger partial charge is 0.417 e. The van der Waals surface area contributed by atoms with Crippen molar-refractivity contribution in [3.05, 3.63) is 52.8 Å². The predicted octanol–water partition coefficient (Wildman–Crippen LogP) is 2.07. The Hall–Kier alpha value is -2.43. The van der Waals surface area contributed by atoms with E-state index in [2.05, 4.69) is 20.9 Å². The zero-order valence-corrected chi connectivity index (χ0v) is 9.93. The van der Waals surface area contributed by atoms with Gasteiger partial charge in [0.05, 0.1) is 12.1 Å². The van der Waals surface area contributed by atoms with E-state index in [0.29, 0.717) is 11.1 Å². The maximum Gasteiger partial charge on any atom is 0.417 e. The summed E-state index contributed by atoms with van der Waals surface area (Å²) in [4.78, 5) is 13.7. The van der Waals surface area contributed by atoms with E-state index >= 15 is 0 Å². The molecule has 3 rings (SSSR count). The molecule has 1 aromatic carbocycles. The first-order valence-corrected chi connectivity index (χ1v) is 5.69. The van der Waals surface area contributed by atoms with Crippen molar-refractivity contribution < 1.29 is 4.42 Å². The number of benzene rings is 1. The summed E-state index contributed by atoms with van der Waals surface area (Å²) in [6.45, 7) is 0.733. The van der Waals surface area contributed by atoms with Crippen LogP contribution < -0.4 is 11.1 Å². The third-order valence-corrected chi connectivity index (χ3v) is 2.94. The van der Waals surface area contributed by atoms with Gasteiger partial charge in [-0.1, -0.05) is 0 Å². The molecule has 0 bridgehead atoms. The summed E-state index contributed by atoms with van der Waals surface area (Å²) >= 11 is 0. The fourth-order valence-electron chi connectivity index (χ4n) is 1.93. The van der Waals surface area contributed by atoms with Gasteiger partial charge in [-0.15, -0.1) is 0 Å². The van der Waals surface area contributed by atoms with Gasteiger partial charge in [-0.25, -0.2) is 4.79 Å². The molecule has 2 aromatic heterocycles. The van der Waals surface area contributed by atoms with Crippen LogP contribution in [0.2, 0.25) is 0 Å². The Labute approximate surface area is 103 Å². The van der Waals surface area contributed by atoms with E-state index in [-0.39, 0.29) is 0 Å². The standard InChI is InChI=1S/C13H13N3O2/c1-16-6-2-3-10(16)8-14-9-4-5-12-11(7-9)15-13(17)18-12/h2-7,14H,8H2,1H3,(H,15,17). The van der Waals surface area contributed by atoms with Gasteiger partial charge in [0.25, 0.3) is 0 Å². The van der Waals surface area contributed by atoms with E-state index in [1.54, 1.807) is 6.07 Å². The summed E-state index contributed by atoms with van der Waals surface area (Å²) in [7, 11) is 2.01. The van der Waals surface area contributed by atoms with Gasteiger partial charge in [0.1, 0.15) is 0 Å². The van der Waals surface area contributed by atoms with Crippen molar-refractivity contribution >= 4 is 16.8 Å². The lowest BCUT2D eigenvalue weighted by molar-refractivity contribution is 0.555. The van der Waals surface area contributed by atoms with Crippen LogP contribution >= 0.6 is 0 Å². The minimum atomic E-state index is -0.426. The van der Waals surface area contributed by atoms with E-state index in [9.17, 15) is 4.79 Å². The van der Waals surface area contributed by atoms with Gasteiger partial charge in [-0.2, -0.15) is 0 Å². The normalized spacial score (nSPS) is 10.9. The minimum absolute atomic E-state index is 0.426. The highest BCUT2D eigenvalue weighted by molar-refractivity contribution is 5.76. The van der Waals surface area contributed by atoms with Crippen LogP contribution in [0.4, 0.5) is 5.69 Å². The summed E-state index contributed by atoms with van der Waals surface area (Å²) in [5.41, 5.74) is 3.41. The highest BCUT2D eigenvalue weighted by atomic mass is 16.4. The van der Waals surface area contributed by atoms with Crippen LogP contribution in [-0.2, 0) is 13.6 Å². The first kappa shape index (κ1) is 10.7. The van der Waals surface area contributed by atoms with Crippen molar-refractivity contribution in [1.82, 2.24) is 9.55 Å². The molecular weight excluding hydrogens is 230 g/mol. The lowest BCUT2D eigenvalue weighted by Gasteiger charge is -2.07. The third kappa shape index (κ3) is 1.90. The SMILES string of the molecule is Cn1cccc1CNc1ccc2oc(=O)[nH]c2c1. The Balaban J connectivity index is 1.82. The summed E-state index contributed by atoms with van der Waals surface area (Å²) in [6, 6.07) is 9.60. The number of aryl methyl sites for hydroxylation is 1. The van der Waals surface area contributed by atoms with Crippen LogP contribution in [0, 0.1) is 0 Å². The molecule has 0 atom stereocenters. The molecule has 0 aliphatic heterocycles. The second kappa shape index (κ2) is 4.10. The first-order valence-electron chi connectivity index (χ1n) is 5.69. The van der Waals surface area contributed by atoms with E-state index in [1.165, 1.54) is 5.69 Å². The van der Waals surface area contributed by atoms with Crippen LogP contribution in [0.1, 0.15) is 5.69 Å². The number of anilines is 1. The quantitative estimate of drug-likeness (QED) is 0.740. The number of nitrogens with one attached hydrogen (secondary N) is 2. The second-order valence-electron chi connectivity index (χ2n) is 4.19. The molecule has 0 saturated carbocycles. The Morgan fingerprint density at radius 3 is 3.06 bits per heavy atom. The van der Waals surface area contributed by atoms with Crippen molar-refractivity contribution in [3.63, 3.8) is 0 Å². The smallest absolute Gasteiger partial charge is 0.408 e. The first-order chi connectivity index (χ1) is 8.72. The Morgan fingerprint density at radius 2 is 2.28 bits per heavy atom. The number of hydrogen-bond acceptors (Lipinski definition) is 3. The third-order valence-electron chi connectivity index (χ3n) is 2.94. The average molecular weight is 243 g/mol. The highest BCUT2D eigenvalue weighted by Gasteiger charge is 2.02. The Morgan fingerprint density at radius 1 is 1.39 bits per heavy atom. The lowest BCUT2D eigenvalue weighted by atomic mass is 10.3. The van der Waals surface area contributed by atoms with Crippen molar-refractivity contribution in [1.29, 1.82) is 0 Å². The van der Waals surface area contributed by atoms with Crippen molar-refractivity contribution in [3.8, 4) is 0 Å². The van der Waals surface area contributed by atoms with E-state index in [0.717, 1.165) is 12.2 Å². The molecule has 2 heterocycles. The summed E-state index contributed by atoms with van der Waals surface area (Å²) in [5.74, 6) is -0.426. The van der Waals surface area contributed by atoms with Crippen LogP contribution in [0.15, 0.2) is 45.7 Å². The number of H-pyrrole nitrogens is 1. The number of nitrogens with zero attached hydrogens (tertiary/aromatic N) is 1. The van der Waals surface area contributed by atoms with Gasteiger partial charge in [-0.05, 0) is 30.3 Å².